The SMILES string of the molecule is OCC1OC(C#Cc2ccc(C#CC3OC(CO)C(O)C(O)C3O)c3ccccc23)C(O)C(O)C1O. The third kappa shape index (κ3) is 5.11. The average Bonchev–Trinajstić information content (AvgIpc) is 2.90. The van der Waals surface area contributed by atoms with Crippen molar-refractivity contribution in [3.05, 3.63) is 47.5 Å². The Kier molecular flexibility index (Phi) is 8.25. The van der Waals surface area contributed by atoms with Crippen molar-refractivity contribution < 1.29 is 50.3 Å². The molecule has 2 aliphatic rings. The van der Waals surface area contributed by atoms with Crippen LogP contribution >= 0.6 is 0 Å². The van der Waals surface area contributed by atoms with E-state index in [4.69, 9.17) is 9.47 Å². The Morgan fingerprint density at radius 3 is 1.31 bits per heavy atom. The molecule has 2 aliphatic heterocycles. The molecule has 0 bridgehead atoms. The molecule has 192 valence electrons. The van der Waals surface area contributed by atoms with Gasteiger partial charge in [-0.15, -0.1) is 0 Å². The first-order valence-corrected chi connectivity index (χ1v) is 11.4. The molecule has 8 N–H and O–H groups in total. The maximum atomic E-state index is 10.2. The lowest BCUT2D eigenvalue weighted by atomic mass is 9.94. The van der Waals surface area contributed by atoms with Crippen molar-refractivity contribution in [2.75, 3.05) is 13.2 Å². The number of benzene rings is 2. The molecule has 0 saturated carbocycles. The number of rotatable bonds is 2. The van der Waals surface area contributed by atoms with E-state index in [1.54, 1.807) is 24.3 Å². The van der Waals surface area contributed by atoms with Crippen LogP contribution in [0.5, 0.6) is 0 Å². The third-order valence-corrected chi connectivity index (χ3v) is 6.41. The topological polar surface area (TPSA) is 180 Å². The van der Waals surface area contributed by atoms with Gasteiger partial charge in [0.2, 0.25) is 0 Å². The van der Waals surface area contributed by atoms with Gasteiger partial charge in [-0.05, 0) is 22.9 Å². The van der Waals surface area contributed by atoms with E-state index in [-0.39, 0.29) is 0 Å². The van der Waals surface area contributed by atoms with Gasteiger partial charge in [-0.25, -0.2) is 0 Å². The first-order chi connectivity index (χ1) is 17.3. The standard InChI is InChI=1S/C26H28O10/c27-11-19-23(31)25(33)21(29)17(35-19)9-7-13-5-6-14(16-4-2-1-3-15(13)16)8-10-18-22(30)26(34)24(32)20(12-28)36-18/h1-6,17-34H,11-12H2. The summed E-state index contributed by atoms with van der Waals surface area (Å²) < 4.78 is 10.9. The van der Waals surface area contributed by atoms with Crippen LogP contribution in [0.4, 0.5) is 0 Å². The molecule has 2 aromatic carbocycles. The molecule has 4 rings (SSSR count). The highest BCUT2D eigenvalue weighted by Gasteiger charge is 2.43. The number of aliphatic hydroxyl groups excluding tert-OH is 8. The Morgan fingerprint density at radius 1 is 0.556 bits per heavy atom. The summed E-state index contributed by atoms with van der Waals surface area (Å²) >= 11 is 0. The van der Waals surface area contributed by atoms with Crippen molar-refractivity contribution in [2.24, 2.45) is 0 Å². The van der Waals surface area contributed by atoms with Crippen molar-refractivity contribution >= 4 is 10.8 Å². The third-order valence-electron chi connectivity index (χ3n) is 6.41. The fraction of sp³-hybridized carbons (Fsp3) is 0.462. The van der Waals surface area contributed by atoms with Gasteiger partial charge < -0.3 is 50.3 Å². The van der Waals surface area contributed by atoms with Crippen LogP contribution in [0.3, 0.4) is 0 Å². The van der Waals surface area contributed by atoms with Gasteiger partial charge in [-0.3, -0.25) is 0 Å². The number of fused-ring (bicyclic) bond motifs is 1. The predicted octanol–water partition coefficient (Wildman–Crippen LogP) is -2.77. The fourth-order valence-electron chi connectivity index (χ4n) is 4.26. The summed E-state index contributed by atoms with van der Waals surface area (Å²) in [7, 11) is 0. The average molecular weight is 501 g/mol. The lowest BCUT2D eigenvalue weighted by Gasteiger charge is -2.37. The summed E-state index contributed by atoms with van der Waals surface area (Å²) in [4.78, 5) is 0. The van der Waals surface area contributed by atoms with Gasteiger partial charge in [-0.1, -0.05) is 47.9 Å². The molecule has 0 aliphatic carbocycles. The molecule has 2 fully saturated rings. The van der Waals surface area contributed by atoms with Crippen LogP contribution in [0, 0.1) is 23.7 Å². The van der Waals surface area contributed by atoms with Gasteiger partial charge in [0.05, 0.1) is 13.2 Å². The molecule has 10 nitrogen and oxygen atoms in total. The Bertz CT molecular complexity index is 1100. The minimum absolute atomic E-state index is 0.548. The zero-order valence-electron chi connectivity index (χ0n) is 19.0. The minimum atomic E-state index is -1.52. The van der Waals surface area contributed by atoms with E-state index in [2.05, 4.69) is 23.7 Å². The first-order valence-electron chi connectivity index (χ1n) is 11.4. The first kappa shape index (κ1) is 26.5. The molecule has 0 spiro atoms. The summed E-state index contributed by atoms with van der Waals surface area (Å²) in [5, 5.41) is 80.4. The normalized spacial score (nSPS) is 36.4. The highest BCUT2D eigenvalue weighted by Crippen LogP contribution is 2.25. The van der Waals surface area contributed by atoms with Crippen LogP contribution in [0.15, 0.2) is 36.4 Å². The Balaban J connectivity index is 1.63. The molecule has 0 amide bonds. The lowest BCUT2D eigenvalue weighted by Crippen LogP contribution is -2.58. The van der Waals surface area contributed by atoms with E-state index >= 15 is 0 Å². The molecular formula is C26H28O10. The maximum absolute atomic E-state index is 10.2. The molecule has 10 atom stereocenters. The minimum Gasteiger partial charge on any atom is -0.394 e. The van der Waals surface area contributed by atoms with Crippen LogP contribution in [0.1, 0.15) is 11.1 Å². The predicted molar refractivity (Wildman–Crippen MR) is 125 cm³/mol. The Morgan fingerprint density at radius 2 is 0.944 bits per heavy atom. The van der Waals surface area contributed by atoms with Crippen LogP contribution in [0.25, 0.3) is 10.8 Å². The van der Waals surface area contributed by atoms with Crippen molar-refractivity contribution in [2.45, 2.75) is 61.0 Å². The monoisotopic (exact) mass is 500 g/mol. The van der Waals surface area contributed by atoms with Crippen molar-refractivity contribution in [3.63, 3.8) is 0 Å². The van der Waals surface area contributed by atoms with Crippen molar-refractivity contribution in [1.82, 2.24) is 0 Å². The smallest absolute Gasteiger partial charge is 0.147 e. The van der Waals surface area contributed by atoms with Crippen molar-refractivity contribution in [3.8, 4) is 23.7 Å². The van der Waals surface area contributed by atoms with Crippen LogP contribution < -0.4 is 0 Å². The molecule has 2 saturated heterocycles. The van der Waals surface area contributed by atoms with E-state index in [9.17, 15) is 40.9 Å². The fourth-order valence-corrected chi connectivity index (χ4v) is 4.26. The number of hydrogen-bond donors (Lipinski definition) is 8. The summed E-state index contributed by atoms with van der Waals surface area (Å²) in [6.45, 7) is -1.10. The van der Waals surface area contributed by atoms with E-state index < -0.39 is 74.3 Å². The van der Waals surface area contributed by atoms with E-state index in [0.717, 1.165) is 10.8 Å². The second-order valence-electron chi connectivity index (χ2n) is 8.74. The van der Waals surface area contributed by atoms with E-state index in [0.29, 0.717) is 11.1 Å². The molecule has 0 radical (unpaired) electrons. The van der Waals surface area contributed by atoms with Gasteiger partial charge in [0.25, 0.3) is 0 Å². The van der Waals surface area contributed by atoms with Crippen molar-refractivity contribution in [1.29, 1.82) is 0 Å². The van der Waals surface area contributed by atoms with Gasteiger partial charge in [0.15, 0.2) is 0 Å². The largest absolute Gasteiger partial charge is 0.394 e. The molecule has 2 heterocycles. The summed E-state index contributed by atoms with van der Waals surface area (Å²) in [6, 6.07) is 10.6. The van der Waals surface area contributed by atoms with E-state index in [1.807, 2.05) is 12.1 Å². The second kappa shape index (κ2) is 11.2. The molecular weight excluding hydrogens is 472 g/mol. The Hall–Kier alpha value is -2.58. The second-order valence-corrected chi connectivity index (χ2v) is 8.74. The molecule has 0 aromatic heterocycles. The van der Waals surface area contributed by atoms with Gasteiger partial charge in [0, 0.05) is 11.1 Å². The molecule has 10 unspecified atom stereocenters. The Labute approximate surface area is 207 Å². The van der Waals surface area contributed by atoms with Crippen LogP contribution in [0.2, 0.25) is 0 Å². The summed E-state index contributed by atoms with van der Waals surface area (Å²) in [5.41, 5.74) is 1.14. The quantitative estimate of drug-likeness (QED) is 0.201. The summed E-state index contributed by atoms with van der Waals surface area (Å²) in [6.07, 6.45) is -13.3. The summed E-state index contributed by atoms with van der Waals surface area (Å²) in [5.74, 6) is 11.4. The van der Waals surface area contributed by atoms with E-state index in [1.165, 1.54) is 0 Å². The molecule has 10 heteroatoms. The zero-order chi connectivity index (χ0) is 26.0. The van der Waals surface area contributed by atoms with Gasteiger partial charge >= 0.3 is 0 Å². The maximum Gasteiger partial charge on any atom is 0.147 e. The van der Waals surface area contributed by atoms with Crippen LogP contribution in [-0.4, -0.2) is 115 Å². The lowest BCUT2D eigenvalue weighted by molar-refractivity contribution is -0.214. The zero-order valence-corrected chi connectivity index (χ0v) is 19.0. The number of hydrogen-bond acceptors (Lipinski definition) is 10. The highest BCUT2D eigenvalue weighted by molar-refractivity contribution is 5.92. The van der Waals surface area contributed by atoms with Crippen LogP contribution in [-0.2, 0) is 9.47 Å². The molecule has 2 aromatic rings. The molecule has 36 heavy (non-hydrogen) atoms. The number of ether oxygens (including phenoxy) is 2. The number of aliphatic hydroxyl groups is 8. The van der Waals surface area contributed by atoms with Gasteiger partial charge in [0.1, 0.15) is 61.0 Å². The highest BCUT2D eigenvalue weighted by atomic mass is 16.5. The van der Waals surface area contributed by atoms with Gasteiger partial charge in [-0.2, -0.15) is 0 Å².